The Morgan fingerprint density at radius 2 is 1.94 bits per heavy atom. The molecule has 0 unspecified atom stereocenters. The molecule has 2 rings (SSSR count). The zero-order valence-corrected chi connectivity index (χ0v) is 10.4. The Kier molecular flexibility index (Phi) is 3.69. The van der Waals surface area contributed by atoms with E-state index >= 15 is 0 Å². The van der Waals surface area contributed by atoms with Gasteiger partial charge in [0.1, 0.15) is 5.82 Å². The first kappa shape index (κ1) is 12.0. The van der Waals surface area contributed by atoms with Gasteiger partial charge in [0.05, 0.1) is 0 Å². The number of halogens is 1. The van der Waals surface area contributed by atoms with E-state index in [1.807, 2.05) is 31.2 Å². The van der Waals surface area contributed by atoms with Gasteiger partial charge in [0.15, 0.2) is 0 Å². The third-order valence-corrected chi connectivity index (χ3v) is 3.63. The molecule has 0 amide bonds. The van der Waals surface area contributed by atoms with Crippen molar-refractivity contribution in [1.29, 1.82) is 0 Å². The van der Waals surface area contributed by atoms with Gasteiger partial charge < -0.3 is 5.73 Å². The van der Waals surface area contributed by atoms with E-state index in [4.69, 9.17) is 5.73 Å². The van der Waals surface area contributed by atoms with Gasteiger partial charge in [0.2, 0.25) is 0 Å². The van der Waals surface area contributed by atoms with E-state index in [1.54, 1.807) is 23.9 Å². The molecular weight excluding hydrogens is 233 g/mol. The maximum Gasteiger partial charge on any atom is 0.127 e. The summed E-state index contributed by atoms with van der Waals surface area (Å²) < 4.78 is 13.4. The summed E-state index contributed by atoms with van der Waals surface area (Å²) in [5, 5.41) is 0. The average molecular weight is 247 g/mol. The van der Waals surface area contributed by atoms with Crippen LogP contribution < -0.4 is 5.73 Å². The Morgan fingerprint density at radius 3 is 2.71 bits per heavy atom. The van der Waals surface area contributed by atoms with E-state index in [-0.39, 0.29) is 5.82 Å². The largest absolute Gasteiger partial charge is 0.398 e. The van der Waals surface area contributed by atoms with Gasteiger partial charge >= 0.3 is 0 Å². The second-order valence-electron chi connectivity index (χ2n) is 3.92. The number of hydrogen-bond acceptors (Lipinski definition) is 2. The van der Waals surface area contributed by atoms with E-state index < -0.39 is 0 Å². The van der Waals surface area contributed by atoms with Crippen molar-refractivity contribution in [3.8, 4) is 0 Å². The highest BCUT2D eigenvalue weighted by Gasteiger charge is 2.04. The van der Waals surface area contributed by atoms with Crippen LogP contribution in [0.1, 0.15) is 11.1 Å². The maximum absolute atomic E-state index is 13.4. The molecule has 2 N–H and O–H groups in total. The Balaban J connectivity index is 2.12. The van der Waals surface area contributed by atoms with Gasteiger partial charge in [-0.15, -0.1) is 11.8 Å². The molecule has 0 radical (unpaired) electrons. The predicted octanol–water partition coefficient (Wildman–Crippen LogP) is 4.01. The SMILES string of the molecule is Cc1ccc(N)c(SCc2ccccc2F)c1. The zero-order valence-electron chi connectivity index (χ0n) is 9.61. The number of rotatable bonds is 3. The van der Waals surface area contributed by atoms with Gasteiger partial charge in [-0.05, 0) is 36.2 Å². The predicted molar refractivity (Wildman–Crippen MR) is 71.6 cm³/mol. The molecule has 0 aliphatic heterocycles. The first-order valence-electron chi connectivity index (χ1n) is 5.39. The van der Waals surface area contributed by atoms with Gasteiger partial charge in [0, 0.05) is 16.3 Å². The second kappa shape index (κ2) is 5.23. The standard InChI is InChI=1S/C14H14FNS/c1-10-6-7-13(16)14(8-10)17-9-11-4-2-3-5-12(11)15/h2-8H,9,16H2,1H3. The molecule has 0 fully saturated rings. The molecule has 1 nitrogen and oxygen atoms in total. The summed E-state index contributed by atoms with van der Waals surface area (Å²) in [7, 11) is 0. The van der Waals surface area contributed by atoms with Crippen molar-refractivity contribution in [1.82, 2.24) is 0 Å². The van der Waals surface area contributed by atoms with Crippen LogP contribution in [-0.2, 0) is 5.75 Å². The van der Waals surface area contributed by atoms with Crippen LogP contribution in [0.3, 0.4) is 0 Å². The topological polar surface area (TPSA) is 26.0 Å². The van der Waals surface area contributed by atoms with Gasteiger partial charge in [0.25, 0.3) is 0 Å². The number of thioether (sulfide) groups is 1. The fourth-order valence-electron chi connectivity index (χ4n) is 1.54. The number of hydrogen-bond donors (Lipinski definition) is 1. The molecule has 0 atom stereocenters. The van der Waals surface area contributed by atoms with Crippen molar-refractivity contribution >= 4 is 17.4 Å². The molecule has 0 aromatic heterocycles. The summed E-state index contributed by atoms with van der Waals surface area (Å²) in [5.41, 5.74) is 8.49. The normalized spacial score (nSPS) is 10.5. The van der Waals surface area contributed by atoms with Crippen LogP contribution in [0.15, 0.2) is 47.4 Å². The van der Waals surface area contributed by atoms with Gasteiger partial charge in [-0.2, -0.15) is 0 Å². The maximum atomic E-state index is 13.4. The molecule has 0 saturated carbocycles. The minimum absolute atomic E-state index is 0.161. The Morgan fingerprint density at radius 1 is 1.18 bits per heavy atom. The summed E-state index contributed by atoms with van der Waals surface area (Å²) >= 11 is 1.56. The number of aryl methyl sites for hydroxylation is 1. The smallest absolute Gasteiger partial charge is 0.127 e. The van der Waals surface area contributed by atoms with Crippen molar-refractivity contribution in [2.24, 2.45) is 0 Å². The Labute approximate surface area is 105 Å². The monoisotopic (exact) mass is 247 g/mol. The summed E-state index contributed by atoms with van der Waals surface area (Å²) in [5.74, 6) is 0.437. The lowest BCUT2D eigenvalue weighted by Gasteiger charge is -2.07. The van der Waals surface area contributed by atoms with Gasteiger partial charge in [-0.1, -0.05) is 24.3 Å². The molecule has 88 valence electrons. The van der Waals surface area contributed by atoms with E-state index in [9.17, 15) is 4.39 Å². The summed E-state index contributed by atoms with van der Waals surface area (Å²) in [6.07, 6.45) is 0. The molecular formula is C14H14FNS. The van der Waals surface area contributed by atoms with Crippen LogP contribution in [0.5, 0.6) is 0 Å². The second-order valence-corrected chi connectivity index (χ2v) is 4.94. The molecule has 2 aromatic rings. The molecule has 0 aliphatic carbocycles. The quantitative estimate of drug-likeness (QED) is 0.655. The first-order chi connectivity index (χ1) is 8.16. The first-order valence-corrected chi connectivity index (χ1v) is 6.37. The van der Waals surface area contributed by atoms with Gasteiger partial charge in [-0.25, -0.2) is 4.39 Å². The molecule has 3 heteroatoms. The minimum atomic E-state index is -0.161. The van der Waals surface area contributed by atoms with E-state index in [0.29, 0.717) is 11.3 Å². The number of anilines is 1. The van der Waals surface area contributed by atoms with E-state index in [0.717, 1.165) is 16.1 Å². The summed E-state index contributed by atoms with van der Waals surface area (Å²) in [6.45, 7) is 2.02. The molecule has 2 aromatic carbocycles. The lowest BCUT2D eigenvalue weighted by molar-refractivity contribution is 0.617. The van der Waals surface area contributed by atoms with Crippen molar-refractivity contribution in [3.63, 3.8) is 0 Å². The van der Waals surface area contributed by atoms with Crippen LogP contribution >= 0.6 is 11.8 Å². The Bertz CT molecular complexity index is 525. The van der Waals surface area contributed by atoms with Crippen molar-refractivity contribution in [3.05, 3.63) is 59.4 Å². The lowest BCUT2D eigenvalue weighted by Crippen LogP contribution is -1.91. The highest BCUT2D eigenvalue weighted by Crippen LogP contribution is 2.29. The van der Waals surface area contributed by atoms with E-state index in [1.165, 1.54) is 6.07 Å². The van der Waals surface area contributed by atoms with Crippen LogP contribution in [-0.4, -0.2) is 0 Å². The highest BCUT2D eigenvalue weighted by atomic mass is 32.2. The third-order valence-electron chi connectivity index (χ3n) is 2.51. The third kappa shape index (κ3) is 3.01. The summed E-state index contributed by atoms with van der Waals surface area (Å²) in [4.78, 5) is 1.01. The number of nitrogens with two attached hydrogens (primary N) is 1. The molecule has 0 aliphatic rings. The number of benzene rings is 2. The van der Waals surface area contributed by atoms with Crippen molar-refractivity contribution in [2.45, 2.75) is 17.6 Å². The molecule has 0 saturated heterocycles. The van der Waals surface area contributed by atoms with Crippen molar-refractivity contribution < 1.29 is 4.39 Å². The van der Waals surface area contributed by atoms with Crippen molar-refractivity contribution in [2.75, 3.05) is 5.73 Å². The average Bonchev–Trinajstić information content (AvgIpc) is 2.32. The lowest BCUT2D eigenvalue weighted by atomic mass is 10.2. The fraction of sp³-hybridized carbons (Fsp3) is 0.143. The molecule has 17 heavy (non-hydrogen) atoms. The molecule has 0 heterocycles. The zero-order chi connectivity index (χ0) is 12.3. The van der Waals surface area contributed by atoms with Crippen LogP contribution in [0.4, 0.5) is 10.1 Å². The highest BCUT2D eigenvalue weighted by molar-refractivity contribution is 7.98. The van der Waals surface area contributed by atoms with Gasteiger partial charge in [-0.3, -0.25) is 0 Å². The summed E-state index contributed by atoms with van der Waals surface area (Å²) in [6, 6.07) is 12.7. The van der Waals surface area contributed by atoms with E-state index in [2.05, 4.69) is 0 Å². The molecule has 0 spiro atoms. The Hall–Kier alpha value is -1.48. The fourth-order valence-corrected chi connectivity index (χ4v) is 2.59. The van der Waals surface area contributed by atoms with Crippen LogP contribution in [0.2, 0.25) is 0 Å². The molecule has 0 bridgehead atoms. The minimum Gasteiger partial charge on any atom is -0.398 e. The number of nitrogen functional groups attached to an aromatic ring is 1. The van der Waals surface area contributed by atoms with Crippen LogP contribution in [0, 0.1) is 12.7 Å². The van der Waals surface area contributed by atoms with Crippen LogP contribution in [0.25, 0.3) is 0 Å².